The zero-order chi connectivity index (χ0) is 13.8. The third kappa shape index (κ3) is 3.08. The Morgan fingerprint density at radius 1 is 1.26 bits per heavy atom. The number of halogens is 1. The summed E-state index contributed by atoms with van der Waals surface area (Å²) in [5.74, 6) is -0.120. The van der Waals surface area contributed by atoms with E-state index in [1.807, 2.05) is 0 Å². The first-order valence-electron chi connectivity index (χ1n) is 5.34. The van der Waals surface area contributed by atoms with Gasteiger partial charge >= 0.3 is 0 Å². The second-order valence-corrected chi connectivity index (χ2v) is 4.13. The van der Waals surface area contributed by atoms with Crippen molar-refractivity contribution in [1.29, 1.82) is 0 Å². The van der Waals surface area contributed by atoms with Gasteiger partial charge in [-0.15, -0.1) is 0 Å². The van der Waals surface area contributed by atoms with Gasteiger partial charge in [0.1, 0.15) is 5.69 Å². The summed E-state index contributed by atoms with van der Waals surface area (Å²) >= 11 is 5.75. The molecule has 0 saturated heterocycles. The van der Waals surface area contributed by atoms with Gasteiger partial charge in [0.05, 0.1) is 9.95 Å². The highest BCUT2D eigenvalue weighted by atomic mass is 35.5. The molecule has 2 aromatic carbocycles. The number of phenolic OH excluding ortho intramolecular Hbond substituents is 1. The first-order valence-corrected chi connectivity index (χ1v) is 5.72. The number of benzene rings is 2. The van der Waals surface area contributed by atoms with Gasteiger partial charge in [-0.3, -0.25) is 15.1 Å². The highest BCUT2D eigenvalue weighted by Gasteiger charge is 2.05. The first kappa shape index (κ1) is 13.0. The Labute approximate surface area is 113 Å². The molecule has 0 fully saturated rings. The quantitative estimate of drug-likeness (QED) is 0.527. The fourth-order valence-corrected chi connectivity index (χ4v) is 1.64. The van der Waals surface area contributed by atoms with E-state index in [1.165, 1.54) is 18.3 Å². The molecular weight excluding hydrogens is 268 g/mol. The van der Waals surface area contributed by atoms with Crippen molar-refractivity contribution < 1.29 is 10.0 Å². The van der Waals surface area contributed by atoms with Gasteiger partial charge in [-0.05, 0) is 17.7 Å². The van der Waals surface area contributed by atoms with Crippen LogP contribution in [0.5, 0.6) is 5.75 Å². The summed E-state index contributed by atoms with van der Waals surface area (Å²) in [5, 5.41) is 20.5. The smallest absolute Gasteiger partial charge is 0.270 e. The van der Waals surface area contributed by atoms with Crippen LogP contribution in [-0.2, 0) is 0 Å². The number of phenols is 1. The van der Waals surface area contributed by atoms with Gasteiger partial charge in [0.2, 0.25) is 0 Å². The lowest BCUT2D eigenvalue weighted by atomic mass is 10.2. The van der Waals surface area contributed by atoms with Crippen molar-refractivity contribution in [2.75, 3.05) is 0 Å². The molecule has 0 bridgehead atoms. The van der Waals surface area contributed by atoms with Gasteiger partial charge < -0.3 is 5.11 Å². The normalized spacial score (nSPS) is 10.8. The van der Waals surface area contributed by atoms with Crippen LogP contribution < -0.4 is 0 Å². The van der Waals surface area contributed by atoms with Crippen LogP contribution in [0, 0.1) is 10.1 Å². The number of aromatic hydroxyl groups is 1. The summed E-state index contributed by atoms with van der Waals surface area (Å²) in [7, 11) is 0. The monoisotopic (exact) mass is 276 g/mol. The minimum atomic E-state index is -0.478. The Balaban J connectivity index is 2.30. The van der Waals surface area contributed by atoms with E-state index in [9.17, 15) is 15.2 Å². The maximum absolute atomic E-state index is 10.6. The van der Waals surface area contributed by atoms with E-state index in [4.69, 9.17) is 11.6 Å². The molecule has 2 aromatic rings. The Kier molecular flexibility index (Phi) is 3.77. The summed E-state index contributed by atoms with van der Waals surface area (Å²) < 4.78 is 0. The van der Waals surface area contributed by atoms with Gasteiger partial charge in [-0.1, -0.05) is 29.8 Å². The van der Waals surface area contributed by atoms with Crippen molar-refractivity contribution in [2.45, 2.75) is 0 Å². The maximum atomic E-state index is 10.6. The molecule has 0 saturated carbocycles. The van der Waals surface area contributed by atoms with Crippen molar-refractivity contribution in [3.8, 4) is 5.75 Å². The molecule has 0 spiro atoms. The van der Waals surface area contributed by atoms with Crippen LogP contribution in [0.25, 0.3) is 0 Å². The molecule has 1 N–H and O–H groups in total. The predicted molar refractivity (Wildman–Crippen MR) is 73.5 cm³/mol. The predicted octanol–water partition coefficient (Wildman–Crippen LogP) is 3.70. The van der Waals surface area contributed by atoms with Gasteiger partial charge in [-0.25, -0.2) is 0 Å². The average Bonchev–Trinajstić information content (AvgIpc) is 2.41. The highest BCUT2D eigenvalue weighted by molar-refractivity contribution is 6.32. The molecule has 19 heavy (non-hydrogen) atoms. The minimum Gasteiger partial charge on any atom is -0.504 e. The van der Waals surface area contributed by atoms with Crippen molar-refractivity contribution in [2.24, 2.45) is 4.99 Å². The maximum Gasteiger partial charge on any atom is 0.270 e. The third-order valence-electron chi connectivity index (χ3n) is 2.40. The van der Waals surface area contributed by atoms with E-state index in [0.717, 1.165) is 0 Å². The van der Waals surface area contributed by atoms with Crippen LogP contribution in [0.15, 0.2) is 47.5 Å². The van der Waals surface area contributed by atoms with Crippen molar-refractivity contribution in [1.82, 2.24) is 0 Å². The molecule has 0 aliphatic heterocycles. The van der Waals surface area contributed by atoms with Crippen LogP contribution in [0.4, 0.5) is 11.4 Å². The zero-order valence-corrected chi connectivity index (χ0v) is 10.4. The zero-order valence-electron chi connectivity index (χ0n) is 9.65. The van der Waals surface area contributed by atoms with E-state index in [0.29, 0.717) is 11.3 Å². The largest absolute Gasteiger partial charge is 0.504 e. The molecule has 0 amide bonds. The van der Waals surface area contributed by atoms with Crippen LogP contribution in [0.1, 0.15) is 5.56 Å². The van der Waals surface area contributed by atoms with Crippen molar-refractivity contribution in [3.63, 3.8) is 0 Å². The van der Waals surface area contributed by atoms with E-state index in [1.54, 1.807) is 30.3 Å². The summed E-state index contributed by atoms with van der Waals surface area (Å²) in [4.78, 5) is 14.2. The first-order chi connectivity index (χ1) is 9.08. The van der Waals surface area contributed by atoms with E-state index in [-0.39, 0.29) is 16.5 Å². The fourth-order valence-electron chi connectivity index (χ4n) is 1.47. The Morgan fingerprint density at radius 3 is 2.74 bits per heavy atom. The Hall–Kier alpha value is -2.40. The Bertz CT molecular complexity index is 656. The van der Waals surface area contributed by atoms with Crippen molar-refractivity contribution >= 4 is 29.2 Å². The number of rotatable bonds is 3. The number of non-ortho nitro benzene ring substituents is 1. The molecule has 2 rings (SSSR count). The molecule has 6 heteroatoms. The van der Waals surface area contributed by atoms with E-state index in [2.05, 4.69) is 4.99 Å². The van der Waals surface area contributed by atoms with Gasteiger partial charge in [0.15, 0.2) is 5.75 Å². The van der Waals surface area contributed by atoms with Gasteiger partial charge in [-0.2, -0.15) is 0 Å². The van der Waals surface area contributed by atoms with Crippen LogP contribution >= 0.6 is 11.6 Å². The number of hydrogen-bond acceptors (Lipinski definition) is 4. The lowest BCUT2D eigenvalue weighted by molar-refractivity contribution is -0.384. The molecule has 5 nitrogen and oxygen atoms in total. The van der Waals surface area contributed by atoms with E-state index < -0.39 is 4.92 Å². The molecule has 0 aliphatic carbocycles. The van der Waals surface area contributed by atoms with Gasteiger partial charge in [0.25, 0.3) is 5.69 Å². The average molecular weight is 277 g/mol. The van der Waals surface area contributed by atoms with Crippen LogP contribution in [-0.4, -0.2) is 16.2 Å². The number of hydrogen-bond donors (Lipinski definition) is 1. The summed E-state index contributed by atoms with van der Waals surface area (Å²) in [6.07, 6.45) is 1.43. The fraction of sp³-hybridized carbons (Fsp3) is 0. The molecule has 0 aromatic heterocycles. The molecular formula is C13H9ClN2O3. The lowest BCUT2D eigenvalue weighted by Gasteiger charge is -2.00. The van der Waals surface area contributed by atoms with E-state index >= 15 is 0 Å². The summed E-state index contributed by atoms with van der Waals surface area (Å²) in [6.45, 7) is 0. The molecule has 96 valence electrons. The number of aliphatic imine (C=N–C) groups is 1. The minimum absolute atomic E-state index is 0.0146. The molecule has 0 aliphatic rings. The van der Waals surface area contributed by atoms with Crippen molar-refractivity contribution in [3.05, 3.63) is 63.2 Å². The third-order valence-corrected chi connectivity index (χ3v) is 2.70. The number of para-hydroxylation sites is 1. The molecule has 0 heterocycles. The topological polar surface area (TPSA) is 75.7 Å². The highest BCUT2D eigenvalue weighted by Crippen LogP contribution is 2.33. The molecule has 0 unspecified atom stereocenters. The molecule has 0 radical (unpaired) electrons. The number of nitro groups is 1. The second kappa shape index (κ2) is 5.49. The summed E-state index contributed by atoms with van der Waals surface area (Å²) in [6, 6.07) is 10.8. The Morgan fingerprint density at radius 2 is 2.00 bits per heavy atom. The van der Waals surface area contributed by atoms with Gasteiger partial charge in [0, 0.05) is 18.3 Å². The van der Waals surface area contributed by atoms with Crippen LogP contribution in [0.3, 0.4) is 0 Å². The molecule has 0 atom stereocenters. The lowest BCUT2D eigenvalue weighted by Crippen LogP contribution is -1.89. The number of nitro benzene ring substituents is 1. The number of nitrogens with zero attached hydrogens (tertiary/aromatic N) is 2. The summed E-state index contributed by atoms with van der Waals surface area (Å²) in [5.41, 5.74) is 0.854. The standard InChI is InChI=1S/C13H9ClN2O3/c14-11-5-2-6-12(13(11)17)15-8-9-3-1-4-10(7-9)16(18)19/h1-8,17H. The SMILES string of the molecule is O=[N+]([O-])c1cccc(C=Nc2cccc(Cl)c2O)c1. The second-order valence-electron chi connectivity index (χ2n) is 3.72. The van der Waals surface area contributed by atoms with Crippen LogP contribution in [0.2, 0.25) is 5.02 Å².